The van der Waals surface area contributed by atoms with E-state index in [-0.39, 0.29) is 17.3 Å². The molecule has 0 radical (unpaired) electrons. The largest absolute Gasteiger partial charge is 0.347 e. The first kappa shape index (κ1) is 16.7. The minimum atomic E-state index is -3.72. The van der Waals surface area contributed by atoms with Crippen molar-refractivity contribution in [2.45, 2.75) is 30.2 Å². The first-order valence-electron chi connectivity index (χ1n) is 8.16. The van der Waals surface area contributed by atoms with Crippen LogP contribution in [0.1, 0.15) is 40.5 Å². The molecular weight excluding hydrogens is 354 g/mol. The summed E-state index contributed by atoms with van der Waals surface area (Å²) in [5.74, 6) is 0.207. The Bertz CT molecular complexity index is 1090. The second-order valence-corrected chi connectivity index (χ2v) is 7.89. The van der Waals surface area contributed by atoms with Gasteiger partial charge in [0.05, 0.1) is 16.8 Å². The van der Waals surface area contributed by atoms with E-state index in [1.54, 1.807) is 28.8 Å². The van der Waals surface area contributed by atoms with E-state index in [2.05, 4.69) is 15.4 Å². The highest BCUT2D eigenvalue weighted by atomic mass is 32.2. The fourth-order valence-corrected chi connectivity index (χ4v) is 3.18. The minimum Gasteiger partial charge on any atom is -0.347 e. The first-order valence-corrected chi connectivity index (χ1v) is 9.71. The van der Waals surface area contributed by atoms with Crippen molar-refractivity contribution in [2.75, 3.05) is 0 Å². The summed E-state index contributed by atoms with van der Waals surface area (Å²) in [7, 11) is -3.72. The van der Waals surface area contributed by atoms with Crippen molar-refractivity contribution in [1.82, 2.24) is 19.9 Å². The maximum absolute atomic E-state index is 12.3. The number of aromatic nitrogens is 3. The van der Waals surface area contributed by atoms with Crippen molar-refractivity contribution < 1.29 is 13.2 Å². The van der Waals surface area contributed by atoms with Gasteiger partial charge in [0.15, 0.2) is 5.65 Å². The Hall–Kier alpha value is -2.78. The van der Waals surface area contributed by atoms with Gasteiger partial charge >= 0.3 is 0 Å². The molecule has 4 rings (SSSR count). The fourth-order valence-electron chi connectivity index (χ4n) is 2.67. The molecule has 2 aromatic heterocycles. The van der Waals surface area contributed by atoms with Crippen molar-refractivity contribution in [3.63, 3.8) is 0 Å². The lowest BCUT2D eigenvalue weighted by Gasteiger charge is -2.06. The van der Waals surface area contributed by atoms with Gasteiger partial charge in [0.2, 0.25) is 10.0 Å². The van der Waals surface area contributed by atoms with Crippen LogP contribution in [0.5, 0.6) is 0 Å². The highest BCUT2D eigenvalue weighted by Gasteiger charge is 2.26. The van der Waals surface area contributed by atoms with Gasteiger partial charge in [-0.2, -0.15) is 5.10 Å². The molecule has 0 atom stereocenters. The Labute approximate surface area is 150 Å². The quantitative estimate of drug-likeness (QED) is 0.698. The molecule has 1 aliphatic rings. The number of hydrogen-bond acceptors (Lipinski definition) is 5. The molecule has 1 saturated carbocycles. The Morgan fingerprint density at radius 2 is 1.92 bits per heavy atom. The molecule has 0 unspecified atom stereocenters. The molecule has 1 aromatic carbocycles. The van der Waals surface area contributed by atoms with Gasteiger partial charge in [-0.1, -0.05) is 12.1 Å². The third kappa shape index (κ3) is 3.44. The van der Waals surface area contributed by atoms with Crippen LogP contribution in [0.2, 0.25) is 0 Å². The predicted octanol–water partition coefficient (Wildman–Crippen LogP) is 1.18. The molecular formula is C17H17N5O3S. The Kier molecular flexibility index (Phi) is 3.97. The van der Waals surface area contributed by atoms with E-state index in [0.717, 1.165) is 29.7 Å². The maximum atomic E-state index is 12.3. The third-order valence-corrected chi connectivity index (χ3v) is 5.20. The lowest BCUT2D eigenvalue weighted by molar-refractivity contribution is 0.0944. The van der Waals surface area contributed by atoms with Crippen molar-refractivity contribution in [3.05, 3.63) is 59.5 Å². The number of nitrogens with two attached hydrogens (primary N) is 1. The fraction of sp³-hybridized carbons (Fsp3) is 0.235. The van der Waals surface area contributed by atoms with Crippen LogP contribution in [0.25, 0.3) is 5.65 Å². The van der Waals surface area contributed by atoms with E-state index in [4.69, 9.17) is 5.14 Å². The molecule has 0 saturated heterocycles. The number of primary sulfonamides is 1. The molecule has 1 amide bonds. The molecule has 2 heterocycles. The van der Waals surface area contributed by atoms with Crippen LogP contribution in [-0.4, -0.2) is 28.9 Å². The zero-order valence-electron chi connectivity index (χ0n) is 13.8. The number of fused-ring (bicyclic) bond motifs is 1. The van der Waals surface area contributed by atoms with Crippen LogP contribution >= 0.6 is 0 Å². The van der Waals surface area contributed by atoms with E-state index in [9.17, 15) is 13.2 Å². The summed E-state index contributed by atoms with van der Waals surface area (Å²) < 4.78 is 24.1. The molecule has 134 valence electrons. The van der Waals surface area contributed by atoms with Crippen molar-refractivity contribution in [1.29, 1.82) is 0 Å². The van der Waals surface area contributed by atoms with Gasteiger partial charge in [-0.15, -0.1) is 0 Å². The SMILES string of the molecule is NS(=O)(=O)c1ccc(CNC(=O)c2ccc3nc(C4CC4)cn3n2)cc1. The predicted molar refractivity (Wildman–Crippen MR) is 93.9 cm³/mol. The summed E-state index contributed by atoms with van der Waals surface area (Å²) in [5, 5.41) is 12.1. The van der Waals surface area contributed by atoms with Gasteiger partial charge in [0.25, 0.3) is 5.91 Å². The summed E-state index contributed by atoms with van der Waals surface area (Å²) in [6, 6.07) is 9.44. The normalized spacial score (nSPS) is 14.5. The second-order valence-electron chi connectivity index (χ2n) is 6.33. The topological polar surface area (TPSA) is 119 Å². The average Bonchev–Trinajstić information content (AvgIpc) is 3.38. The molecule has 26 heavy (non-hydrogen) atoms. The van der Waals surface area contributed by atoms with Crippen molar-refractivity contribution >= 4 is 21.6 Å². The molecule has 0 bridgehead atoms. The average molecular weight is 371 g/mol. The summed E-state index contributed by atoms with van der Waals surface area (Å²) >= 11 is 0. The molecule has 0 aliphatic heterocycles. The standard InChI is InChI=1S/C17H17N5O3S/c18-26(24,25)13-5-1-11(2-6-13)9-19-17(23)14-7-8-16-20-15(12-3-4-12)10-22(16)21-14/h1-2,5-8,10,12H,3-4,9H2,(H,19,23)(H2,18,24,25). The van der Waals surface area contributed by atoms with Gasteiger partial charge in [-0.3, -0.25) is 4.79 Å². The third-order valence-electron chi connectivity index (χ3n) is 4.27. The number of imidazole rings is 1. The van der Waals surface area contributed by atoms with Crippen LogP contribution in [-0.2, 0) is 16.6 Å². The minimum absolute atomic E-state index is 0.0336. The first-order chi connectivity index (χ1) is 12.4. The molecule has 0 spiro atoms. The number of sulfonamides is 1. The summed E-state index contributed by atoms with van der Waals surface area (Å²) in [4.78, 5) is 16.9. The zero-order chi connectivity index (χ0) is 18.3. The van der Waals surface area contributed by atoms with Crippen LogP contribution in [0.4, 0.5) is 0 Å². The van der Waals surface area contributed by atoms with E-state index in [1.807, 2.05) is 6.20 Å². The number of carbonyl (C=O) groups excluding carboxylic acids is 1. The highest BCUT2D eigenvalue weighted by Crippen LogP contribution is 2.39. The second kappa shape index (κ2) is 6.19. The van der Waals surface area contributed by atoms with E-state index in [0.29, 0.717) is 11.6 Å². The van der Waals surface area contributed by atoms with Crippen LogP contribution in [0, 0.1) is 0 Å². The number of nitrogens with one attached hydrogen (secondary N) is 1. The number of carbonyl (C=O) groups is 1. The van der Waals surface area contributed by atoms with Crippen molar-refractivity contribution in [2.24, 2.45) is 5.14 Å². The molecule has 3 aromatic rings. The van der Waals surface area contributed by atoms with Gasteiger partial charge in [-0.25, -0.2) is 23.1 Å². The number of amides is 1. The summed E-state index contributed by atoms with van der Waals surface area (Å²) in [6.45, 7) is 0.251. The molecule has 9 heteroatoms. The van der Waals surface area contributed by atoms with E-state index >= 15 is 0 Å². The van der Waals surface area contributed by atoms with Crippen LogP contribution in [0.15, 0.2) is 47.5 Å². The maximum Gasteiger partial charge on any atom is 0.272 e. The Balaban J connectivity index is 1.45. The molecule has 1 fully saturated rings. The summed E-state index contributed by atoms with van der Waals surface area (Å²) in [5.41, 5.74) is 2.79. The lowest BCUT2D eigenvalue weighted by Crippen LogP contribution is -2.24. The monoisotopic (exact) mass is 371 g/mol. The summed E-state index contributed by atoms with van der Waals surface area (Å²) in [6.07, 6.45) is 4.18. The number of hydrogen-bond donors (Lipinski definition) is 2. The Morgan fingerprint density at radius 1 is 1.19 bits per heavy atom. The van der Waals surface area contributed by atoms with E-state index in [1.165, 1.54) is 12.1 Å². The number of nitrogens with zero attached hydrogens (tertiary/aromatic N) is 3. The van der Waals surface area contributed by atoms with Crippen LogP contribution < -0.4 is 10.5 Å². The van der Waals surface area contributed by atoms with Crippen LogP contribution in [0.3, 0.4) is 0 Å². The lowest BCUT2D eigenvalue weighted by atomic mass is 10.2. The van der Waals surface area contributed by atoms with Crippen molar-refractivity contribution in [3.8, 4) is 0 Å². The van der Waals surface area contributed by atoms with Gasteiger partial charge in [0, 0.05) is 12.5 Å². The van der Waals surface area contributed by atoms with E-state index < -0.39 is 10.0 Å². The molecule has 8 nitrogen and oxygen atoms in total. The Morgan fingerprint density at radius 3 is 2.58 bits per heavy atom. The smallest absolute Gasteiger partial charge is 0.272 e. The number of benzene rings is 1. The van der Waals surface area contributed by atoms with Gasteiger partial charge in [-0.05, 0) is 42.7 Å². The molecule has 3 N–H and O–H groups in total. The van der Waals surface area contributed by atoms with Gasteiger partial charge < -0.3 is 5.32 Å². The molecule has 1 aliphatic carbocycles. The highest BCUT2D eigenvalue weighted by molar-refractivity contribution is 7.89. The van der Waals surface area contributed by atoms with Gasteiger partial charge in [0.1, 0.15) is 5.69 Å². The zero-order valence-corrected chi connectivity index (χ0v) is 14.6. The number of rotatable bonds is 5.